The maximum Gasteiger partial charge on any atom is 0.330 e. The van der Waals surface area contributed by atoms with E-state index < -0.39 is 11.2 Å². The number of rotatable bonds is 10. The summed E-state index contributed by atoms with van der Waals surface area (Å²) in [6, 6.07) is 7.91. The number of nitrogens with zero attached hydrogens (tertiary/aromatic N) is 4. The molecule has 0 atom stereocenters. The zero-order chi connectivity index (χ0) is 25.7. The average Bonchev–Trinajstić information content (AvgIpc) is 3.24. The summed E-state index contributed by atoms with van der Waals surface area (Å²) in [5, 5.41) is 11.9. The number of anilines is 2. The van der Waals surface area contributed by atoms with Crippen molar-refractivity contribution in [1.82, 2.24) is 25.1 Å². The third kappa shape index (κ3) is 6.78. The van der Waals surface area contributed by atoms with Crippen LogP contribution in [0.5, 0.6) is 0 Å². The average molecular weight is 500 g/mol. The number of hydrogen-bond acceptors (Lipinski definition) is 8. The molecule has 0 spiro atoms. The Morgan fingerprint density at radius 3 is 2.46 bits per heavy atom. The molecule has 3 rings (SSSR count). The lowest BCUT2D eigenvalue weighted by atomic mass is 10.1. The first-order chi connectivity index (χ1) is 16.5. The van der Waals surface area contributed by atoms with E-state index in [4.69, 9.17) is 5.73 Å². The monoisotopic (exact) mass is 499 g/mol. The molecule has 2 heterocycles. The van der Waals surface area contributed by atoms with Gasteiger partial charge in [0.2, 0.25) is 5.01 Å². The number of carbonyl (C=O) groups excluding carboxylic acids is 1. The molecule has 0 bridgehead atoms. The number of nitrogen functional groups attached to an aromatic ring is 1. The van der Waals surface area contributed by atoms with E-state index in [0.717, 1.165) is 22.5 Å². The number of benzene rings is 1. The van der Waals surface area contributed by atoms with Crippen molar-refractivity contribution < 1.29 is 4.79 Å². The Hall–Kier alpha value is -3.47. The Morgan fingerprint density at radius 2 is 1.83 bits per heavy atom. The summed E-state index contributed by atoms with van der Waals surface area (Å²) in [5.41, 5.74) is 7.61. The highest BCUT2D eigenvalue weighted by Gasteiger charge is 2.22. The minimum Gasteiger partial charge on any atom is -0.383 e. The highest BCUT2D eigenvalue weighted by Crippen LogP contribution is 2.22. The standard InChI is InChI=1S/C24H33N7O3S/c1-14(2)11-30(19-20(25)31(12-15(3)4)24(34)27-21(19)32)13-18-28-29-23(35-18)22(33)26-10-17-8-6-16(5)7-9-17/h6-9,14-15H,10-13,25H2,1-5H3,(H,26,33)(H,27,32,34). The van der Waals surface area contributed by atoms with Crippen LogP contribution in [0.1, 0.15) is 53.6 Å². The molecule has 0 fully saturated rings. The molecule has 35 heavy (non-hydrogen) atoms. The lowest BCUT2D eigenvalue weighted by Crippen LogP contribution is -2.40. The normalized spacial score (nSPS) is 11.3. The molecule has 0 saturated carbocycles. The van der Waals surface area contributed by atoms with Crippen molar-refractivity contribution in [2.24, 2.45) is 11.8 Å². The number of amides is 1. The Morgan fingerprint density at radius 1 is 1.14 bits per heavy atom. The number of aromatic amines is 1. The number of nitrogens with two attached hydrogens (primary N) is 1. The largest absolute Gasteiger partial charge is 0.383 e. The van der Waals surface area contributed by atoms with E-state index in [1.165, 1.54) is 4.57 Å². The van der Waals surface area contributed by atoms with Crippen molar-refractivity contribution in [3.05, 3.63) is 66.2 Å². The second-order valence-electron chi connectivity index (χ2n) is 9.44. The van der Waals surface area contributed by atoms with Crippen LogP contribution in [0.25, 0.3) is 0 Å². The van der Waals surface area contributed by atoms with Gasteiger partial charge in [-0.05, 0) is 24.3 Å². The summed E-state index contributed by atoms with van der Waals surface area (Å²) >= 11 is 1.16. The minimum absolute atomic E-state index is 0.119. The summed E-state index contributed by atoms with van der Waals surface area (Å²) in [5.74, 6) is 0.169. The predicted molar refractivity (Wildman–Crippen MR) is 139 cm³/mol. The smallest absolute Gasteiger partial charge is 0.330 e. The molecular weight excluding hydrogens is 466 g/mol. The highest BCUT2D eigenvalue weighted by molar-refractivity contribution is 7.13. The maximum atomic E-state index is 12.8. The van der Waals surface area contributed by atoms with Crippen LogP contribution < -0.4 is 27.2 Å². The molecule has 4 N–H and O–H groups in total. The van der Waals surface area contributed by atoms with Crippen LogP contribution in [0.2, 0.25) is 0 Å². The van der Waals surface area contributed by atoms with Crippen LogP contribution in [0.3, 0.4) is 0 Å². The van der Waals surface area contributed by atoms with Crippen LogP contribution in [-0.4, -0.2) is 32.2 Å². The summed E-state index contributed by atoms with van der Waals surface area (Å²) in [6.07, 6.45) is 0. The van der Waals surface area contributed by atoms with Gasteiger partial charge in [0.15, 0.2) is 0 Å². The molecule has 0 aliphatic rings. The van der Waals surface area contributed by atoms with Crippen molar-refractivity contribution in [2.75, 3.05) is 17.2 Å². The molecule has 1 aromatic carbocycles. The molecule has 10 nitrogen and oxygen atoms in total. The van der Waals surface area contributed by atoms with Crippen molar-refractivity contribution in [1.29, 1.82) is 0 Å². The number of aromatic nitrogens is 4. The van der Waals surface area contributed by atoms with Gasteiger partial charge < -0.3 is 16.0 Å². The van der Waals surface area contributed by atoms with E-state index in [1.807, 2.05) is 58.9 Å². The quantitative estimate of drug-likeness (QED) is 0.389. The van der Waals surface area contributed by atoms with Gasteiger partial charge in [-0.1, -0.05) is 68.9 Å². The molecule has 188 valence electrons. The first-order valence-electron chi connectivity index (χ1n) is 11.6. The maximum absolute atomic E-state index is 12.8. The summed E-state index contributed by atoms with van der Waals surface area (Å²) in [4.78, 5) is 41.9. The van der Waals surface area contributed by atoms with Crippen molar-refractivity contribution >= 4 is 28.7 Å². The molecule has 0 aliphatic heterocycles. The molecular formula is C24H33N7O3S. The van der Waals surface area contributed by atoms with Gasteiger partial charge in [-0.3, -0.25) is 19.1 Å². The van der Waals surface area contributed by atoms with E-state index in [9.17, 15) is 14.4 Å². The Kier molecular flexibility index (Phi) is 8.44. The molecule has 0 aliphatic carbocycles. The SMILES string of the molecule is Cc1ccc(CNC(=O)c2nnc(CN(CC(C)C)c3c(N)n(CC(C)C)c(=O)[nH]c3=O)s2)cc1. The molecule has 2 aromatic heterocycles. The molecule has 3 aromatic rings. The fourth-order valence-electron chi connectivity index (χ4n) is 3.64. The van der Waals surface area contributed by atoms with E-state index >= 15 is 0 Å². The van der Waals surface area contributed by atoms with Crippen LogP contribution in [0, 0.1) is 18.8 Å². The van der Waals surface area contributed by atoms with Gasteiger partial charge in [0.05, 0.1) is 6.54 Å². The third-order valence-electron chi connectivity index (χ3n) is 5.22. The van der Waals surface area contributed by atoms with Gasteiger partial charge in [-0.15, -0.1) is 10.2 Å². The first kappa shape index (κ1) is 26.1. The van der Waals surface area contributed by atoms with E-state index in [2.05, 4.69) is 20.5 Å². The summed E-state index contributed by atoms with van der Waals surface area (Å²) in [7, 11) is 0. The topological polar surface area (TPSA) is 139 Å². The van der Waals surface area contributed by atoms with Gasteiger partial charge in [0, 0.05) is 19.6 Å². The number of aryl methyl sites for hydroxylation is 1. The summed E-state index contributed by atoms with van der Waals surface area (Å²) < 4.78 is 1.39. The summed E-state index contributed by atoms with van der Waals surface area (Å²) in [6.45, 7) is 11.5. The molecule has 0 radical (unpaired) electrons. The minimum atomic E-state index is -0.547. The Balaban J connectivity index is 1.81. The first-order valence-corrected chi connectivity index (χ1v) is 12.4. The zero-order valence-electron chi connectivity index (χ0n) is 20.8. The lowest BCUT2D eigenvalue weighted by Gasteiger charge is -2.27. The fourth-order valence-corrected chi connectivity index (χ4v) is 4.41. The van der Waals surface area contributed by atoms with Crippen LogP contribution in [0.4, 0.5) is 11.5 Å². The number of H-pyrrole nitrogens is 1. The van der Waals surface area contributed by atoms with Gasteiger partial charge in [0.25, 0.3) is 11.5 Å². The number of hydrogen-bond donors (Lipinski definition) is 3. The van der Waals surface area contributed by atoms with E-state index in [1.54, 1.807) is 4.90 Å². The van der Waals surface area contributed by atoms with Crippen LogP contribution >= 0.6 is 11.3 Å². The van der Waals surface area contributed by atoms with Gasteiger partial charge in [-0.25, -0.2) is 4.79 Å². The zero-order valence-corrected chi connectivity index (χ0v) is 21.6. The third-order valence-corrected chi connectivity index (χ3v) is 6.13. The molecule has 0 unspecified atom stereocenters. The molecule has 11 heteroatoms. The van der Waals surface area contributed by atoms with Crippen LogP contribution in [-0.2, 0) is 19.6 Å². The lowest BCUT2D eigenvalue weighted by molar-refractivity contribution is 0.0950. The molecule has 0 saturated heterocycles. The van der Waals surface area contributed by atoms with E-state index in [0.29, 0.717) is 24.6 Å². The molecule has 1 amide bonds. The number of nitrogens with one attached hydrogen (secondary N) is 2. The second kappa shape index (κ2) is 11.3. The number of carbonyl (C=O) groups is 1. The van der Waals surface area contributed by atoms with Crippen molar-refractivity contribution in [2.45, 2.75) is 54.3 Å². The highest BCUT2D eigenvalue weighted by atomic mass is 32.1. The van der Waals surface area contributed by atoms with Gasteiger partial charge in [-0.2, -0.15) is 0 Å². The van der Waals surface area contributed by atoms with E-state index in [-0.39, 0.29) is 40.8 Å². The Labute approximate surface area is 208 Å². The predicted octanol–water partition coefficient (Wildman–Crippen LogP) is 2.53. The van der Waals surface area contributed by atoms with Gasteiger partial charge in [0.1, 0.15) is 16.5 Å². The fraction of sp³-hybridized carbons (Fsp3) is 0.458. The van der Waals surface area contributed by atoms with Gasteiger partial charge >= 0.3 is 5.69 Å². The Bertz CT molecular complexity index is 1280. The van der Waals surface area contributed by atoms with Crippen LogP contribution in [0.15, 0.2) is 33.9 Å². The second-order valence-corrected chi connectivity index (χ2v) is 10.5. The van der Waals surface area contributed by atoms with Crippen molar-refractivity contribution in [3.8, 4) is 0 Å². The van der Waals surface area contributed by atoms with Crippen molar-refractivity contribution in [3.63, 3.8) is 0 Å².